The van der Waals surface area contributed by atoms with Crippen molar-refractivity contribution in [1.82, 2.24) is 0 Å². The molecule has 40 heavy (non-hydrogen) atoms. The molecule has 0 bridgehead atoms. The summed E-state index contributed by atoms with van der Waals surface area (Å²) >= 11 is 0. The summed E-state index contributed by atoms with van der Waals surface area (Å²) in [6, 6.07) is 26.6. The Balaban J connectivity index is 1.33. The molecule has 3 aliphatic rings. The van der Waals surface area contributed by atoms with Crippen LogP contribution in [0.4, 0.5) is 0 Å². The molecule has 0 saturated heterocycles. The molecule has 6 atom stereocenters. The molecule has 3 aromatic rings. The molecule has 3 heterocycles. The summed E-state index contributed by atoms with van der Waals surface area (Å²) in [5.74, 6) is 2.18. The van der Waals surface area contributed by atoms with Crippen molar-refractivity contribution in [2.45, 2.75) is 78.0 Å². The number of rotatable bonds is 6. The lowest BCUT2D eigenvalue weighted by atomic mass is 10.2. The van der Waals surface area contributed by atoms with Gasteiger partial charge in [-0.15, -0.1) is 0 Å². The van der Waals surface area contributed by atoms with Crippen LogP contribution in [0.3, 0.4) is 0 Å². The minimum atomic E-state index is -0.815. The van der Waals surface area contributed by atoms with Crippen molar-refractivity contribution in [2.75, 3.05) is 0 Å². The number of nitrogens with zero attached hydrogens (tertiary/aromatic N) is 3. The third-order valence-corrected chi connectivity index (χ3v) is 10.5. The van der Waals surface area contributed by atoms with Crippen LogP contribution < -0.4 is 15.9 Å². The van der Waals surface area contributed by atoms with Gasteiger partial charge in [0.1, 0.15) is 18.3 Å². The lowest BCUT2D eigenvalue weighted by molar-refractivity contribution is 0.219. The molecule has 0 saturated carbocycles. The Hall–Kier alpha value is -3.50. The average molecular weight is 554 g/mol. The van der Waals surface area contributed by atoms with E-state index in [-0.39, 0.29) is 36.4 Å². The molecule has 0 aliphatic carbocycles. The Morgan fingerprint density at radius 3 is 0.875 bits per heavy atom. The van der Waals surface area contributed by atoms with Crippen LogP contribution in [0.5, 0.6) is 0 Å². The highest BCUT2D eigenvalue weighted by atomic mass is 31.1. The number of ether oxygens (including phenoxy) is 3. The summed E-state index contributed by atoms with van der Waals surface area (Å²) < 4.78 is 18.0. The van der Waals surface area contributed by atoms with E-state index in [9.17, 15) is 0 Å². The van der Waals surface area contributed by atoms with Gasteiger partial charge in [-0.3, -0.25) is 0 Å². The second kappa shape index (κ2) is 10.8. The molecule has 0 amide bonds. The first-order valence-electron chi connectivity index (χ1n) is 14.1. The highest BCUT2D eigenvalue weighted by Crippen LogP contribution is 2.34. The molecule has 6 rings (SSSR count). The Morgan fingerprint density at radius 2 is 0.675 bits per heavy atom. The summed E-state index contributed by atoms with van der Waals surface area (Å²) in [5, 5.41) is 3.77. The molecule has 0 spiro atoms. The smallest absolute Gasteiger partial charge is 0.216 e. The van der Waals surface area contributed by atoms with Crippen molar-refractivity contribution in [3.05, 3.63) is 89.5 Å². The Labute approximate surface area is 238 Å². The van der Waals surface area contributed by atoms with Gasteiger partial charge in [-0.25, -0.2) is 15.0 Å². The monoisotopic (exact) mass is 553 g/mol. The van der Waals surface area contributed by atoms with E-state index in [1.54, 1.807) is 0 Å². The van der Waals surface area contributed by atoms with Crippen molar-refractivity contribution in [3.8, 4) is 0 Å². The highest BCUT2D eigenvalue weighted by molar-refractivity contribution is 7.79. The van der Waals surface area contributed by atoms with Gasteiger partial charge in [0.2, 0.25) is 17.7 Å². The maximum Gasteiger partial charge on any atom is 0.216 e. The number of aliphatic imine (C=N–C) groups is 3. The zero-order chi connectivity index (χ0) is 28.0. The van der Waals surface area contributed by atoms with Gasteiger partial charge in [0.15, 0.2) is 0 Å². The van der Waals surface area contributed by atoms with Gasteiger partial charge >= 0.3 is 0 Å². The molecule has 0 aromatic heterocycles. The summed E-state index contributed by atoms with van der Waals surface area (Å²) in [4.78, 5) is 14.1. The number of hydrogen-bond acceptors (Lipinski definition) is 6. The van der Waals surface area contributed by atoms with E-state index in [1.807, 2.05) is 0 Å². The molecular formula is C33H36N3O3P. The predicted octanol–water partition coefficient (Wildman–Crippen LogP) is 5.11. The van der Waals surface area contributed by atoms with Crippen LogP contribution in [0.2, 0.25) is 0 Å². The van der Waals surface area contributed by atoms with E-state index in [2.05, 4.69) is 114 Å². The van der Waals surface area contributed by atoms with Crippen molar-refractivity contribution in [2.24, 2.45) is 15.0 Å². The van der Waals surface area contributed by atoms with E-state index in [0.717, 1.165) is 34.4 Å². The first-order valence-corrected chi connectivity index (χ1v) is 15.5. The molecule has 0 fully saturated rings. The van der Waals surface area contributed by atoms with Crippen LogP contribution in [0.15, 0.2) is 87.8 Å². The lowest BCUT2D eigenvalue weighted by Gasteiger charge is -2.20. The molecule has 6 nitrogen and oxygen atoms in total. The minimum Gasteiger partial charge on any atom is -0.472 e. The van der Waals surface area contributed by atoms with Crippen LogP contribution in [0, 0.1) is 0 Å². The van der Waals surface area contributed by atoms with Crippen LogP contribution in [0.1, 0.15) is 58.2 Å². The van der Waals surface area contributed by atoms with Crippen LogP contribution >= 0.6 is 7.92 Å². The van der Waals surface area contributed by atoms with E-state index >= 15 is 0 Å². The second-order valence-electron chi connectivity index (χ2n) is 11.0. The molecular weight excluding hydrogens is 517 g/mol. The van der Waals surface area contributed by atoms with E-state index < -0.39 is 7.92 Å². The fourth-order valence-corrected chi connectivity index (χ4v) is 7.15. The SMILES string of the molecule is CC1N=C(c2ccc(P(c3ccc(C4=NC(C)C(C)O4)cc3)c3ccc(C4=NC(C)C(C)O4)cc3)cc2)OC1C. The Kier molecular flexibility index (Phi) is 7.22. The number of benzene rings is 3. The normalized spacial score (nSPS) is 28.2. The maximum atomic E-state index is 5.99. The summed E-state index contributed by atoms with van der Waals surface area (Å²) in [7, 11) is -0.815. The molecule has 3 aliphatic heterocycles. The van der Waals surface area contributed by atoms with Gasteiger partial charge in [0, 0.05) is 16.7 Å². The predicted molar refractivity (Wildman–Crippen MR) is 165 cm³/mol. The maximum absolute atomic E-state index is 5.99. The van der Waals surface area contributed by atoms with Gasteiger partial charge in [0.05, 0.1) is 18.1 Å². The molecule has 7 heteroatoms. The van der Waals surface area contributed by atoms with Crippen LogP contribution in [-0.4, -0.2) is 54.1 Å². The zero-order valence-corrected chi connectivity index (χ0v) is 24.8. The van der Waals surface area contributed by atoms with Crippen molar-refractivity contribution >= 4 is 41.5 Å². The fraction of sp³-hybridized carbons (Fsp3) is 0.364. The lowest BCUT2D eigenvalue weighted by Crippen LogP contribution is -2.22. The molecule has 206 valence electrons. The summed E-state index contributed by atoms with van der Waals surface area (Å²) in [6.45, 7) is 12.5. The largest absolute Gasteiger partial charge is 0.472 e. The standard InChI is InChI=1S/C33H36N3O3P/c1-19-22(4)37-31(34-19)25-7-13-28(14-8-25)40(29-15-9-26(10-16-29)32-35-20(2)23(5)38-32)30-17-11-27(12-18-30)33-36-21(3)24(6)39-33/h7-24H,1-6H3. The van der Waals surface area contributed by atoms with Gasteiger partial charge in [-0.1, -0.05) is 36.4 Å². The molecule has 6 unspecified atom stereocenters. The Bertz CT molecular complexity index is 1280. The Morgan fingerprint density at radius 1 is 0.425 bits per heavy atom. The first-order chi connectivity index (χ1) is 19.3. The van der Waals surface area contributed by atoms with Gasteiger partial charge in [-0.2, -0.15) is 0 Å². The first kappa shape index (κ1) is 26.7. The minimum absolute atomic E-state index is 0.0997. The quantitative estimate of drug-likeness (QED) is 0.399. The highest BCUT2D eigenvalue weighted by Gasteiger charge is 2.27. The molecule has 3 aromatic carbocycles. The fourth-order valence-electron chi connectivity index (χ4n) is 4.92. The van der Waals surface area contributed by atoms with Crippen LogP contribution in [-0.2, 0) is 14.2 Å². The second-order valence-corrected chi connectivity index (χ2v) is 13.2. The van der Waals surface area contributed by atoms with E-state index in [4.69, 9.17) is 29.2 Å². The third-order valence-electron chi connectivity index (χ3n) is 8.01. The average Bonchev–Trinajstić information content (AvgIpc) is 3.60. The van der Waals surface area contributed by atoms with Crippen LogP contribution in [0.25, 0.3) is 0 Å². The molecule has 0 N–H and O–H groups in total. The molecule has 0 radical (unpaired) electrons. The van der Waals surface area contributed by atoms with Crippen molar-refractivity contribution < 1.29 is 14.2 Å². The topological polar surface area (TPSA) is 64.8 Å². The van der Waals surface area contributed by atoms with Crippen molar-refractivity contribution in [3.63, 3.8) is 0 Å². The summed E-state index contributed by atoms with van der Waals surface area (Å²) in [5.41, 5.74) is 3.04. The van der Waals surface area contributed by atoms with Gasteiger partial charge in [-0.05, 0) is 102 Å². The third kappa shape index (κ3) is 5.17. The summed E-state index contributed by atoms with van der Waals surface area (Å²) in [6.07, 6.45) is 0.299. The van der Waals surface area contributed by atoms with Gasteiger partial charge < -0.3 is 14.2 Å². The van der Waals surface area contributed by atoms with Crippen molar-refractivity contribution in [1.29, 1.82) is 0 Å². The van der Waals surface area contributed by atoms with E-state index in [0.29, 0.717) is 0 Å². The van der Waals surface area contributed by atoms with E-state index in [1.165, 1.54) is 15.9 Å². The van der Waals surface area contributed by atoms with Gasteiger partial charge in [0.25, 0.3) is 0 Å². The zero-order valence-electron chi connectivity index (χ0n) is 23.9. The number of hydrogen-bond donors (Lipinski definition) is 0.